The highest BCUT2D eigenvalue weighted by molar-refractivity contribution is 6.31. The molecule has 1 N–H and O–H groups in total. The van der Waals surface area contributed by atoms with Crippen molar-refractivity contribution in [3.05, 3.63) is 34.3 Å². The first kappa shape index (κ1) is 15.5. The summed E-state index contributed by atoms with van der Waals surface area (Å²) in [6.07, 6.45) is -0.0659. The number of nitrogens with zero attached hydrogens (tertiary/aromatic N) is 1. The van der Waals surface area contributed by atoms with E-state index >= 15 is 0 Å². The van der Waals surface area contributed by atoms with Crippen molar-refractivity contribution in [2.75, 3.05) is 6.54 Å². The van der Waals surface area contributed by atoms with E-state index in [2.05, 4.69) is 0 Å². The Bertz CT molecular complexity index is 486. The summed E-state index contributed by atoms with van der Waals surface area (Å²) in [7, 11) is 0. The Morgan fingerprint density at radius 1 is 1.37 bits per heavy atom. The quantitative estimate of drug-likeness (QED) is 0.904. The molecule has 0 fully saturated rings. The molecule has 0 aliphatic rings. The van der Waals surface area contributed by atoms with Gasteiger partial charge in [0, 0.05) is 23.2 Å². The molecule has 1 amide bonds. The summed E-state index contributed by atoms with van der Waals surface area (Å²) in [5, 5.41) is 9.23. The number of carboxylic acids is 1. The van der Waals surface area contributed by atoms with Gasteiger partial charge in [-0.1, -0.05) is 17.7 Å². The number of hydrogen-bond donors (Lipinski definition) is 1. The average molecular weight is 284 g/mol. The number of carbonyl (C=O) groups is 2. The lowest BCUT2D eigenvalue weighted by molar-refractivity contribution is -0.137. The highest BCUT2D eigenvalue weighted by Crippen LogP contribution is 2.18. The van der Waals surface area contributed by atoms with Gasteiger partial charge in [-0.2, -0.15) is 0 Å². The number of hydrogen-bond acceptors (Lipinski definition) is 2. The zero-order valence-corrected chi connectivity index (χ0v) is 12.1. The molecule has 0 saturated carbocycles. The maximum absolute atomic E-state index is 12.4. The van der Waals surface area contributed by atoms with E-state index in [4.69, 9.17) is 16.7 Å². The number of carbonyl (C=O) groups excluding carboxylic acids is 1. The molecule has 104 valence electrons. The Kier molecular flexibility index (Phi) is 5.36. The smallest absolute Gasteiger partial charge is 0.305 e. The molecule has 1 rings (SSSR count). The third-order valence-electron chi connectivity index (χ3n) is 2.88. The number of rotatable bonds is 5. The molecule has 5 heteroatoms. The normalized spacial score (nSPS) is 10.6. The molecule has 0 aliphatic heterocycles. The second-order valence-electron chi connectivity index (χ2n) is 4.70. The third-order valence-corrected chi connectivity index (χ3v) is 3.12. The van der Waals surface area contributed by atoms with Crippen LogP contribution in [0.25, 0.3) is 0 Å². The topological polar surface area (TPSA) is 57.6 Å². The first-order valence-corrected chi connectivity index (χ1v) is 6.49. The van der Waals surface area contributed by atoms with Gasteiger partial charge in [-0.05, 0) is 38.5 Å². The van der Waals surface area contributed by atoms with Crippen molar-refractivity contribution in [1.29, 1.82) is 0 Å². The van der Waals surface area contributed by atoms with Gasteiger partial charge in [0.2, 0.25) is 0 Å². The molecule has 0 aromatic heterocycles. The van der Waals surface area contributed by atoms with Crippen LogP contribution in [0.5, 0.6) is 0 Å². The standard InChI is InChI=1S/C14H18ClNO3/c1-9(2)16(7-6-13(17)18)14(19)12-8-11(15)5-4-10(12)3/h4-5,8-9H,6-7H2,1-3H3,(H,17,18). The van der Waals surface area contributed by atoms with Crippen LogP contribution in [0, 0.1) is 6.92 Å². The van der Waals surface area contributed by atoms with Gasteiger partial charge in [0.15, 0.2) is 0 Å². The lowest BCUT2D eigenvalue weighted by Crippen LogP contribution is -2.38. The highest BCUT2D eigenvalue weighted by atomic mass is 35.5. The van der Waals surface area contributed by atoms with Gasteiger partial charge >= 0.3 is 5.97 Å². The van der Waals surface area contributed by atoms with Crippen molar-refractivity contribution in [3.63, 3.8) is 0 Å². The van der Waals surface area contributed by atoms with Gasteiger partial charge < -0.3 is 10.0 Å². The lowest BCUT2D eigenvalue weighted by atomic mass is 10.1. The van der Waals surface area contributed by atoms with E-state index in [1.54, 1.807) is 23.1 Å². The van der Waals surface area contributed by atoms with Gasteiger partial charge in [-0.15, -0.1) is 0 Å². The monoisotopic (exact) mass is 283 g/mol. The zero-order valence-electron chi connectivity index (χ0n) is 11.3. The molecule has 0 aliphatic carbocycles. The molecule has 0 atom stereocenters. The molecule has 4 nitrogen and oxygen atoms in total. The SMILES string of the molecule is Cc1ccc(Cl)cc1C(=O)N(CCC(=O)O)C(C)C. The largest absolute Gasteiger partial charge is 0.481 e. The Morgan fingerprint density at radius 3 is 2.53 bits per heavy atom. The maximum Gasteiger partial charge on any atom is 0.305 e. The molecule has 1 aromatic rings. The highest BCUT2D eigenvalue weighted by Gasteiger charge is 2.21. The van der Waals surface area contributed by atoms with Crippen LogP contribution in [0.4, 0.5) is 0 Å². The number of benzene rings is 1. The van der Waals surface area contributed by atoms with Crippen LogP contribution in [-0.2, 0) is 4.79 Å². The third kappa shape index (κ3) is 4.24. The van der Waals surface area contributed by atoms with E-state index in [-0.39, 0.29) is 24.9 Å². The Morgan fingerprint density at radius 2 is 2.00 bits per heavy atom. The summed E-state index contributed by atoms with van der Waals surface area (Å²) in [5.74, 6) is -1.10. The first-order chi connectivity index (χ1) is 8.82. The van der Waals surface area contributed by atoms with Crippen molar-refractivity contribution in [1.82, 2.24) is 4.90 Å². The van der Waals surface area contributed by atoms with Crippen molar-refractivity contribution in [2.24, 2.45) is 0 Å². The van der Waals surface area contributed by atoms with Crippen LogP contribution >= 0.6 is 11.6 Å². The van der Waals surface area contributed by atoms with E-state index < -0.39 is 5.97 Å². The molecule has 0 radical (unpaired) electrons. The summed E-state index contributed by atoms with van der Waals surface area (Å²) < 4.78 is 0. The molecular formula is C14H18ClNO3. The second kappa shape index (κ2) is 6.57. The Balaban J connectivity index is 2.99. The van der Waals surface area contributed by atoms with Gasteiger partial charge in [-0.25, -0.2) is 0 Å². The number of amides is 1. The summed E-state index contributed by atoms with van der Waals surface area (Å²) in [4.78, 5) is 24.6. The van der Waals surface area contributed by atoms with Crippen molar-refractivity contribution in [3.8, 4) is 0 Å². The van der Waals surface area contributed by atoms with Crippen molar-refractivity contribution < 1.29 is 14.7 Å². The van der Waals surface area contributed by atoms with E-state index in [1.807, 2.05) is 20.8 Å². The van der Waals surface area contributed by atoms with Gasteiger partial charge in [0.05, 0.1) is 6.42 Å². The van der Waals surface area contributed by atoms with Crippen LogP contribution in [0.1, 0.15) is 36.2 Å². The minimum atomic E-state index is -0.915. The number of aliphatic carboxylic acids is 1. The van der Waals surface area contributed by atoms with Gasteiger partial charge in [-0.3, -0.25) is 9.59 Å². The van der Waals surface area contributed by atoms with Crippen molar-refractivity contribution in [2.45, 2.75) is 33.2 Å². The molecule has 0 heterocycles. The Labute approximate surface area is 118 Å². The van der Waals surface area contributed by atoms with Crippen LogP contribution in [0.15, 0.2) is 18.2 Å². The first-order valence-electron chi connectivity index (χ1n) is 6.12. The zero-order chi connectivity index (χ0) is 14.6. The summed E-state index contributed by atoms with van der Waals surface area (Å²) in [5.41, 5.74) is 1.35. The minimum absolute atomic E-state index is 0.0646. The van der Waals surface area contributed by atoms with Gasteiger partial charge in [0.1, 0.15) is 0 Å². The average Bonchev–Trinajstić information content (AvgIpc) is 2.31. The maximum atomic E-state index is 12.4. The molecule has 0 unspecified atom stereocenters. The van der Waals surface area contributed by atoms with E-state index in [9.17, 15) is 9.59 Å². The van der Waals surface area contributed by atoms with Crippen LogP contribution in [0.2, 0.25) is 5.02 Å². The number of carboxylic acid groups (broad SMARTS) is 1. The molecule has 0 spiro atoms. The summed E-state index contributed by atoms with van der Waals surface area (Å²) in [6.45, 7) is 5.75. The minimum Gasteiger partial charge on any atom is -0.481 e. The fourth-order valence-corrected chi connectivity index (χ4v) is 1.96. The number of aryl methyl sites for hydroxylation is 1. The second-order valence-corrected chi connectivity index (χ2v) is 5.13. The van der Waals surface area contributed by atoms with E-state index in [1.165, 1.54) is 0 Å². The van der Waals surface area contributed by atoms with Crippen LogP contribution in [-0.4, -0.2) is 34.5 Å². The molecule has 19 heavy (non-hydrogen) atoms. The number of halogens is 1. The predicted octanol–water partition coefficient (Wildman–Crippen LogP) is 2.97. The summed E-state index contributed by atoms with van der Waals surface area (Å²) >= 11 is 5.91. The molecule has 0 saturated heterocycles. The van der Waals surface area contributed by atoms with Gasteiger partial charge in [0.25, 0.3) is 5.91 Å². The predicted molar refractivity (Wildman–Crippen MR) is 74.6 cm³/mol. The van der Waals surface area contributed by atoms with Crippen LogP contribution < -0.4 is 0 Å². The van der Waals surface area contributed by atoms with E-state index in [0.717, 1.165) is 5.56 Å². The molecule has 1 aromatic carbocycles. The summed E-state index contributed by atoms with van der Waals surface area (Å²) in [6, 6.07) is 5.07. The Hall–Kier alpha value is -1.55. The van der Waals surface area contributed by atoms with Crippen molar-refractivity contribution >= 4 is 23.5 Å². The lowest BCUT2D eigenvalue weighted by Gasteiger charge is -2.27. The van der Waals surface area contributed by atoms with E-state index in [0.29, 0.717) is 10.6 Å². The molecular weight excluding hydrogens is 266 g/mol. The molecule has 0 bridgehead atoms. The van der Waals surface area contributed by atoms with Crippen LogP contribution in [0.3, 0.4) is 0 Å². The fourth-order valence-electron chi connectivity index (χ4n) is 1.79. The fraction of sp³-hybridized carbons (Fsp3) is 0.429.